The van der Waals surface area contributed by atoms with E-state index in [0.717, 1.165) is 11.1 Å². The maximum absolute atomic E-state index is 11.0. The van der Waals surface area contributed by atoms with E-state index in [0.29, 0.717) is 0 Å². The van der Waals surface area contributed by atoms with Gasteiger partial charge in [-0.2, -0.15) is 0 Å². The van der Waals surface area contributed by atoms with Crippen molar-refractivity contribution in [2.45, 2.75) is 18.7 Å². The van der Waals surface area contributed by atoms with Gasteiger partial charge in [-0.1, -0.05) is 28.1 Å². The summed E-state index contributed by atoms with van der Waals surface area (Å²) in [5.74, 6) is 0.0957. The van der Waals surface area contributed by atoms with Gasteiger partial charge in [0.25, 0.3) is 0 Å². The first-order chi connectivity index (χ1) is 5.61. The van der Waals surface area contributed by atoms with Crippen LogP contribution in [-0.2, 0) is 0 Å². The van der Waals surface area contributed by atoms with E-state index in [1.165, 1.54) is 0 Å². The Bertz CT molecular complexity index is 292. The smallest absolute Gasteiger partial charge is 0.159 e. The zero-order valence-electron chi connectivity index (χ0n) is 7.10. The molecule has 1 rings (SSSR count). The lowest BCUT2D eigenvalue weighted by Crippen LogP contribution is -1.93. The maximum atomic E-state index is 11.0. The fourth-order valence-electron chi connectivity index (χ4n) is 0.934. The van der Waals surface area contributed by atoms with Crippen LogP contribution in [0.5, 0.6) is 0 Å². The van der Waals surface area contributed by atoms with Crippen molar-refractivity contribution in [1.82, 2.24) is 0 Å². The van der Waals surface area contributed by atoms with Gasteiger partial charge in [0.1, 0.15) is 0 Å². The second-order valence-electron chi connectivity index (χ2n) is 2.70. The molecule has 63 valence electrons. The summed E-state index contributed by atoms with van der Waals surface area (Å²) in [7, 11) is 0. The van der Waals surface area contributed by atoms with Crippen molar-refractivity contribution in [2.75, 3.05) is 0 Å². The molecule has 0 saturated carbocycles. The van der Waals surface area contributed by atoms with Crippen LogP contribution in [0.1, 0.15) is 34.6 Å². The van der Waals surface area contributed by atoms with Gasteiger partial charge in [-0.05, 0) is 31.5 Å². The van der Waals surface area contributed by atoms with E-state index < -0.39 is 0 Å². The van der Waals surface area contributed by atoms with E-state index >= 15 is 0 Å². The molecule has 1 nitrogen and oxygen atoms in total. The minimum absolute atomic E-state index is 0.0957. The van der Waals surface area contributed by atoms with Crippen LogP contribution < -0.4 is 0 Å². The Balaban J connectivity index is 3.04. The van der Waals surface area contributed by atoms with E-state index in [-0.39, 0.29) is 10.6 Å². The number of rotatable bonds is 2. The molecule has 0 bridgehead atoms. The van der Waals surface area contributed by atoms with E-state index in [1.807, 2.05) is 13.0 Å². The quantitative estimate of drug-likeness (QED) is 0.559. The Morgan fingerprint density at radius 2 is 2.33 bits per heavy atom. The van der Waals surface area contributed by atoms with E-state index in [9.17, 15) is 4.79 Å². The van der Waals surface area contributed by atoms with Gasteiger partial charge in [0.2, 0.25) is 0 Å². The zero-order chi connectivity index (χ0) is 9.14. The number of carbonyl (C=O) groups is 1. The molecule has 0 aliphatic heterocycles. The Labute approximate surface area is 80.9 Å². The Morgan fingerprint density at radius 1 is 1.67 bits per heavy atom. The fourth-order valence-corrected chi connectivity index (χ4v) is 1.20. The molecule has 0 aromatic heterocycles. The van der Waals surface area contributed by atoms with Gasteiger partial charge in [-0.25, -0.2) is 0 Å². The molecule has 0 aliphatic rings. The monoisotopic (exact) mass is 225 g/mol. The van der Waals surface area contributed by atoms with Gasteiger partial charge in [0, 0.05) is 10.4 Å². The molecule has 1 aromatic carbocycles. The molecule has 1 radical (unpaired) electrons. The van der Waals surface area contributed by atoms with Gasteiger partial charge in [-0.15, -0.1) is 0 Å². The van der Waals surface area contributed by atoms with Gasteiger partial charge in [-0.3, -0.25) is 4.79 Å². The van der Waals surface area contributed by atoms with Crippen molar-refractivity contribution in [3.63, 3.8) is 0 Å². The van der Waals surface area contributed by atoms with Crippen molar-refractivity contribution in [3.05, 3.63) is 35.4 Å². The van der Waals surface area contributed by atoms with Gasteiger partial charge >= 0.3 is 0 Å². The lowest BCUT2D eigenvalue weighted by Gasteiger charge is -2.03. The minimum atomic E-state index is 0.0957. The zero-order valence-corrected chi connectivity index (χ0v) is 8.68. The summed E-state index contributed by atoms with van der Waals surface area (Å²) in [6.45, 7) is 3.58. The van der Waals surface area contributed by atoms with Crippen LogP contribution in [0.15, 0.2) is 18.2 Å². The maximum Gasteiger partial charge on any atom is 0.159 e. The number of hydrogen-bond donors (Lipinski definition) is 0. The predicted molar refractivity (Wildman–Crippen MR) is 52.6 cm³/mol. The highest BCUT2D eigenvalue weighted by molar-refractivity contribution is 9.09. The molecular formula is C10H10BrO. The normalized spacial score (nSPS) is 12.6. The van der Waals surface area contributed by atoms with Crippen LogP contribution in [0.4, 0.5) is 0 Å². The summed E-state index contributed by atoms with van der Waals surface area (Å²) >= 11 is 3.42. The van der Waals surface area contributed by atoms with Gasteiger partial charge in [0.05, 0.1) is 0 Å². The number of alkyl halides is 1. The molecule has 0 aliphatic carbocycles. The number of halogens is 1. The molecule has 0 spiro atoms. The van der Waals surface area contributed by atoms with E-state index in [4.69, 9.17) is 0 Å². The highest BCUT2D eigenvalue weighted by Crippen LogP contribution is 2.21. The molecule has 0 N–H and O–H groups in total. The molecule has 12 heavy (non-hydrogen) atoms. The highest BCUT2D eigenvalue weighted by Gasteiger charge is 2.03. The molecular weight excluding hydrogens is 216 g/mol. The van der Waals surface area contributed by atoms with Gasteiger partial charge in [0.15, 0.2) is 5.78 Å². The standard InChI is InChI=1S/C10H10BrO/c1-7(11)9-4-3-5-10(6-9)8(2)12/h3,5-7H,1-2H3. The lowest BCUT2D eigenvalue weighted by molar-refractivity contribution is 0.101. The summed E-state index contributed by atoms with van der Waals surface area (Å²) in [5.41, 5.74) is 1.76. The summed E-state index contributed by atoms with van der Waals surface area (Å²) in [6.07, 6.45) is 0. The Kier molecular flexibility index (Phi) is 3.04. The van der Waals surface area contributed by atoms with Crippen LogP contribution in [-0.4, -0.2) is 5.78 Å². The molecule has 2 heteroatoms. The van der Waals surface area contributed by atoms with Crippen LogP contribution in [0.3, 0.4) is 0 Å². The second kappa shape index (κ2) is 3.85. The van der Waals surface area contributed by atoms with Gasteiger partial charge < -0.3 is 0 Å². The summed E-state index contributed by atoms with van der Waals surface area (Å²) in [4.78, 5) is 11.2. The third-order valence-corrected chi connectivity index (χ3v) is 2.15. The fraction of sp³-hybridized carbons (Fsp3) is 0.300. The number of ketones is 1. The SMILES string of the molecule is CC(=O)c1cc[c]c(C(C)Br)c1. The summed E-state index contributed by atoms with van der Waals surface area (Å²) < 4.78 is 0. The highest BCUT2D eigenvalue weighted by atomic mass is 79.9. The average Bonchev–Trinajstić information content (AvgIpc) is 2.04. The van der Waals surface area contributed by atoms with Crippen molar-refractivity contribution in [2.24, 2.45) is 0 Å². The number of carbonyl (C=O) groups excluding carboxylic acids is 1. The predicted octanol–water partition coefficient (Wildman–Crippen LogP) is 3.15. The molecule has 0 saturated heterocycles. The molecule has 0 heterocycles. The largest absolute Gasteiger partial charge is 0.295 e. The van der Waals surface area contributed by atoms with Crippen molar-refractivity contribution < 1.29 is 4.79 Å². The minimum Gasteiger partial charge on any atom is -0.295 e. The molecule has 1 atom stereocenters. The van der Waals surface area contributed by atoms with E-state index in [1.54, 1.807) is 19.1 Å². The first kappa shape index (κ1) is 9.46. The third kappa shape index (κ3) is 2.18. The van der Waals surface area contributed by atoms with Crippen molar-refractivity contribution >= 4 is 21.7 Å². The second-order valence-corrected chi connectivity index (χ2v) is 4.08. The van der Waals surface area contributed by atoms with Crippen LogP contribution in [0, 0.1) is 6.07 Å². The first-order valence-electron chi connectivity index (χ1n) is 3.78. The van der Waals surface area contributed by atoms with Crippen molar-refractivity contribution in [1.29, 1.82) is 0 Å². The Morgan fingerprint density at radius 3 is 2.83 bits per heavy atom. The molecule has 0 fully saturated rings. The third-order valence-electron chi connectivity index (χ3n) is 1.66. The lowest BCUT2D eigenvalue weighted by atomic mass is 10.1. The molecule has 1 unspecified atom stereocenters. The van der Waals surface area contributed by atoms with Crippen LogP contribution in [0.25, 0.3) is 0 Å². The topological polar surface area (TPSA) is 17.1 Å². The van der Waals surface area contributed by atoms with Crippen LogP contribution in [0.2, 0.25) is 0 Å². The summed E-state index contributed by atoms with van der Waals surface area (Å²) in [6, 6.07) is 8.49. The number of Topliss-reactive ketones (excluding diaryl/α,β-unsaturated/α-hetero) is 1. The Hall–Kier alpha value is -0.630. The number of hydrogen-bond acceptors (Lipinski definition) is 1. The average molecular weight is 226 g/mol. The number of benzene rings is 1. The van der Waals surface area contributed by atoms with Crippen molar-refractivity contribution in [3.8, 4) is 0 Å². The van der Waals surface area contributed by atoms with Crippen LogP contribution >= 0.6 is 15.9 Å². The molecule has 1 aromatic rings. The van der Waals surface area contributed by atoms with E-state index in [2.05, 4.69) is 22.0 Å². The molecule has 0 amide bonds. The first-order valence-corrected chi connectivity index (χ1v) is 4.69. The summed E-state index contributed by atoms with van der Waals surface area (Å²) in [5, 5.41) is 0.